The lowest BCUT2D eigenvalue weighted by atomic mass is 10.2. The lowest BCUT2D eigenvalue weighted by Gasteiger charge is -2.13. The quantitative estimate of drug-likeness (QED) is 0.587. The molecule has 0 saturated carbocycles. The van der Waals surface area contributed by atoms with E-state index in [-0.39, 0.29) is 6.04 Å². The van der Waals surface area contributed by atoms with Crippen LogP contribution in [-0.4, -0.2) is 36.1 Å². The van der Waals surface area contributed by atoms with Crippen LogP contribution in [0.15, 0.2) is 48.5 Å². The van der Waals surface area contributed by atoms with Crippen molar-refractivity contribution >= 4 is 11.5 Å². The second-order valence-corrected chi connectivity index (χ2v) is 6.17. The predicted molar refractivity (Wildman–Crippen MR) is 96.3 cm³/mol. The van der Waals surface area contributed by atoms with Gasteiger partial charge in [-0.15, -0.1) is 15.3 Å². The van der Waals surface area contributed by atoms with E-state index in [0.717, 1.165) is 40.7 Å². The van der Waals surface area contributed by atoms with E-state index in [2.05, 4.69) is 43.8 Å². The Morgan fingerprint density at radius 2 is 1.96 bits per heavy atom. The van der Waals surface area contributed by atoms with Crippen molar-refractivity contribution in [1.29, 1.82) is 0 Å². The standard InChI is InChI=1S/C18H19N7/c1-12(10-15-11-13(2)20-21-15)19-16-8-9-17-22-23-18(25(17)24-16)14-6-4-3-5-7-14/h3-9,11-12H,10H2,1-2H3,(H,19,24)(H,20,21). The van der Waals surface area contributed by atoms with Crippen LogP contribution in [0.5, 0.6) is 0 Å². The minimum absolute atomic E-state index is 0.198. The Morgan fingerprint density at radius 3 is 2.72 bits per heavy atom. The number of fused-ring (bicyclic) bond motifs is 1. The third-order valence-electron chi connectivity index (χ3n) is 3.96. The number of aromatic amines is 1. The average molecular weight is 333 g/mol. The molecular weight excluding hydrogens is 314 g/mol. The maximum absolute atomic E-state index is 4.65. The minimum Gasteiger partial charge on any atom is -0.366 e. The summed E-state index contributed by atoms with van der Waals surface area (Å²) in [5, 5.41) is 23.8. The van der Waals surface area contributed by atoms with Crippen LogP contribution in [0, 0.1) is 6.92 Å². The van der Waals surface area contributed by atoms with Crippen LogP contribution in [0.4, 0.5) is 5.82 Å². The molecule has 7 heteroatoms. The number of aryl methyl sites for hydroxylation is 1. The average Bonchev–Trinajstić information content (AvgIpc) is 3.21. The minimum atomic E-state index is 0.198. The summed E-state index contributed by atoms with van der Waals surface area (Å²) < 4.78 is 1.77. The first kappa shape index (κ1) is 15.3. The summed E-state index contributed by atoms with van der Waals surface area (Å²) >= 11 is 0. The lowest BCUT2D eigenvalue weighted by Crippen LogP contribution is -2.19. The molecular formula is C18H19N7. The van der Waals surface area contributed by atoms with Gasteiger partial charge in [0, 0.05) is 23.7 Å². The zero-order chi connectivity index (χ0) is 17.2. The smallest absolute Gasteiger partial charge is 0.185 e. The van der Waals surface area contributed by atoms with Crippen LogP contribution in [-0.2, 0) is 6.42 Å². The van der Waals surface area contributed by atoms with E-state index >= 15 is 0 Å². The van der Waals surface area contributed by atoms with Gasteiger partial charge in [0.25, 0.3) is 0 Å². The maximum atomic E-state index is 4.65. The highest BCUT2D eigenvalue weighted by Crippen LogP contribution is 2.18. The summed E-state index contributed by atoms with van der Waals surface area (Å²) in [5.74, 6) is 1.51. The van der Waals surface area contributed by atoms with E-state index in [1.807, 2.05) is 49.4 Å². The van der Waals surface area contributed by atoms with Crippen molar-refractivity contribution < 1.29 is 0 Å². The highest BCUT2D eigenvalue weighted by Gasteiger charge is 2.11. The number of hydrogen-bond acceptors (Lipinski definition) is 5. The molecule has 25 heavy (non-hydrogen) atoms. The highest BCUT2D eigenvalue weighted by atomic mass is 15.4. The lowest BCUT2D eigenvalue weighted by molar-refractivity contribution is 0.753. The van der Waals surface area contributed by atoms with Crippen molar-refractivity contribution in [3.63, 3.8) is 0 Å². The number of H-pyrrole nitrogens is 1. The van der Waals surface area contributed by atoms with Crippen LogP contribution in [0.1, 0.15) is 18.3 Å². The molecule has 0 radical (unpaired) electrons. The fourth-order valence-electron chi connectivity index (χ4n) is 2.83. The molecule has 4 rings (SSSR count). The summed E-state index contributed by atoms with van der Waals surface area (Å²) in [5.41, 5.74) is 3.81. The van der Waals surface area contributed by atoms with Crippen LogP contribution in [0.3, 0.4) is 0 Å². The van der Waals surface area contributed by atoms with E-state index in [1.165, 1.54) is 0 Å². The van der Waals surface area contributed by atoms with Gasteiger partial charge in [0.05, 0.1) is 5.69 Å². The SMILES string of the molecule is Cc1cc(CC(C)Nc2ccc3nnc(-c4ccccc4)n3n2)n[nH]1. The van der Waals surface area contributed by atoms with Crippen LogP contribution in [0.2, 0.25) is 0 Å². The number of hydrogen-bond donors (Lipinski definition) is 2. The summed E-state index contributed by atoms with van der Waals surface area (Å²) in [6, 6.07) is 16.0. The van der Waals surface area contributed by atoms with Gasteiger partial charge < -0.3 is 5.32 Å². The van der Waals surface area contributed by atoms with Crippen molar-refractivity contribution in [2.45, 2.75) is 26.3 Å². The first-order valence-corrected chi connectivity index (χ1v) is 8.24. The normalized spacial score (nSPS) is 12.4. The van der Waals surface area contributed by atoms with Crippen LogP contribution >= 0.6 is 0 Å². The summed E-state index contributed by atoms with van der Waals surface area (Å²) in [4.78, 5) is 0. The third-order valence-corrected chi connectivity index (χ3v) is 3.96. The molecule has 1 atom stereocenters. The first-order chi connectivity index (χ1) is 12.2. The predicted octanol–water partition coefficient (Wildman–Crippen LogP) is 2.87. The molecule has 1 unspecified atom stereocenters. The van der Waals surface area contributed by atoms with Crippen molar-refractivity contribution in [2.75, 3.05) is 5.32 Å². The van der Waals surface area contributed by atoms with Gasteiger partial charge in [-0.3, -0.25) is 5.10 Å². The van der Waals surface area contributed by atoms with Gasteiger partial charge >= 0.3 is 0 Å². The second kappa shape index (κ2) is 6.35. The van der Waals surface area contributed by atoms with E-state index in [0.29, 0.717) is 0 Å². The number of aromatic nitrogens is 6. The molecule has 0 bridgehead atoms. The Labute approximate surface area is 145 Å². The Balaban J connectivity index is 1.58. The Bertz CT molecular complexity index is 987. The Kier molecular flexibility index (Phi) is 3.89. The fourth-order valence-corrected chi connectivity index (χ4v) is 2.83. The van der Waals surface area contributed by atoms with Gasteiger partial charge in [-0.05, 0) is 32.0 Å². The fraction of sp³-hybridized carbons (Fsp3) is 0.222. The van der Waals surface area contributed by atoms with Crippen LogP contribution in [0.25, 0.3) is 17.0 Å². The summed E-state index contributed by atoms with van der Waals surface area (Å²) in [6.07, 6.45) is 0.817. The van der Waals surface area contributed by atoms with Gasteiger partial charge in [-0.1, -0.05) is 30.3 Å². The van der Waals surface area contributed by atoms with Crippen LogP contribution < -0.4 is 5.32 Å². The zero-order valence-corrected chi connectivity index (χ0v) is 14.1. The molecule has 0 aliphatic rings. The second-order valence-electron chi connectivity index (χ2n) is 6.17. The van der Waals surface area contributed by atoms with Gasteiger partial charge in [0.1, 0.15) is 5.82 Å². The van der Waals surface area contributed by atoms with Crippen molar-refractivity contribution in [3.8, 4) is 11.4 Å². The zero-order valence-electron chi connectivity index (χ0n) is 14.1. The molecule has 7 nitrogen and oxygen atoms in total. The number of rotatable bonds is 5. The molecule has 0 amide bonds. The molecule has 3 aromatic heterocycles. The number of nitrogens with one attached hydrogen (secondary N) is 2. The number of nitrogens with zero attached hydrogens (tertiary/aromatic N) is 5. The Hall–Kier alpha value is -3.22. The number of anilines is 1. The van der Waals surface area contributed by atoms with Crippen molar-refractivity contribution in [2.24, 2.45) is 0 Å². The monoisotopic (exact) mass is 333 g/mol. The molecule has 0 saturated heterocycles. The highest BCUT2D eigenvalue weighted by molar-refractivity contribution is 5.59. The molecule has 0 spiro atoms. The van der Waals surface area contributed by atoms with Crippen molar-refractivity contribution in [3.05, 3.63) is 59.9 Å². The molecule has 3 heterocycles. The third kappa shape index (κ3) is 3.21. The van der Waals surface area contributed by atoms with Crippen molar-refractivity contribution in [1.82, 2.24) is 30.0 Å². The van der Waals surface area contributed by atoms with Gasteiger partial charge in [0.2, 0.25) is 0 Å². The van der Waals surface area contributed by atoms with E-state index < -0.39 is 0 Å². The van der Waals surface area contributed by atoms with Gasteiger partial charge in [-0.2, -0.15) is 9.61 Å². The van der Waals surface area contributed by atoms with E-state index in [4.69, 9.17) is 0 Å². The molecule has 0 fully saturated rings. The molecule has 4 aromatic rings. The first-order valence-electron chi connectivity index (χ1n) is 8.24. The molecule has 0 aliphatic heterocycles. The molecule has 0 aliphatic carbocycles. The molecule has 126 valence electrons. The maximum Gasteiger partial charge on any atom is 0.185 e. The molecule has 2 N–H and O–H groups in total. The topological polar surface area (TPSA) is 83.8 Å². The largest absolute Gasteiger partial charge is 0.366 e. The van der Waals surface area contributed by atoms with E-state index in [1.54, 1.807) is 4.52 Å². The molecule has 1 aromatic carbocycles. The van der Waals surface area contributed by atoms with E-state index in [9.17, 15) is 0 Å². The van der Waals surface area contributed by atoms with Gasteiger partial charge in [-0.25, -0.2) is 0 Å². The number of benzene rings is 1. The summed E-state index contributed by atoms with van der Waals surface area (Å²) in [7, 11) is 0. The Morgan fingerprint density at radius 1 is 1.12 bits per heavy atom. The van der Waals surface area contributed by atoms with Gasteiger partial charge in [0.15, 0.2) is 11.5 Å². The summed E-state index contributed by atoms with van der Waals surface area (Å²) in [6.45, 7) is 4.11.